The second-order valence-electron chi connectivity index (χ2n) is 20.2. The molecule has 0 amide bonds. The van der Waals surface area contributed by atoms with Gasteiger partial charge in [-0.3, -0.25) is 43.0 Å². The minimum Gasteiger partial charge on any atom is -0.505 e. The summed E-state index contributed by atoms with van der Waals surface area (Å²) in [5.74, 6) is -3.46. The summed E-state index contributed by atoms with van der Waals surface area (Å²) >= 11 is 0.429. The van der Waals surface area contributed by atoms with Crippen LogP contribution in [0.4, 0.5) is 62.6 Å². The van der Waals surface area contributed by atoms with Crippen molar-refractivity contribution in [2.75, 3.05) is 5.73 Å². The first-order chi connectivity index (χ1) is 50.8. The number of aromatic hydroxyl groups is 3. The van der Waals surface area contributed by atoms with Gasteiger partial charge in [-0.2, -0.15) is 52.3 Å². The quantitative estimate of drug-likeness (QED) is 0.00378. The number of phenols is 3. The zero-order valence-corrected chi connectivity index (χ0v) is 59.1. The molecule has 0 fully saturated rings. The molecule has 0 saturated heterocycles. The Morgan fingerprint density at radius 2 is 0.759 bits per heavy atom. The fraction of sp³-hybridized carbons (Fsp3) is 0. The number of nitrogen functional groups attached to an aromatic ring is 1. The molecule has 10 rings (SSSR count). The van der Waals surface area contributed by atoms with E-state index in [1.807, 2.05) is 0 Å². The van der Waals surface area contributed by atoms with E-state index in [0.29, 0.717) is 36.4 Å². The molecule has 0 aliphatic carbocycles. The molecule has 58 heteroatoms. The van der Waals surface area contributed by atoms with Gasteiger partial charge < -0.3 is 21.1 Å². The summed E-state index contributed by atoms with van der Waals surface area (Å²) in [4.78, 5) is 13.2. The Kier molecular flexibility index (Phi) is 24.4. The molecule has 0 heterocycles. The fourth-order valence-electron chi connectivity index (χ4n) is 10.0. The van der Waals surface area contributed by atoms with E-state index in [-0.39, 0.29) is 102 Å². The van der Waals surface area contributed by atoms with Crippen molar-refractivity contribution in [2.45, 2.75) is 49.0 Å². The normalized spacial score (nSPS) is 12.9. The predicted molar refractivity (Wildman–Crippen MR) is 362 cm³/mol. The van der Waals surface area contributed by atoms with Crippen molar-refractivity contribution in [3.63, 3.8) is 0 Å². The van der Waals surface area contributed by atoms with Gasteiger partial charge in [-0.1, -0.05) is 25.2 Å². The van der Waals surface area contributed by atoms with Crippen LogP contribution in [-0.4, -0.2) is 116 Å². The first kappa shape index (κ1) is 81.1. The van der Waals surface area contributed by atoms with Gasteiger partial charge in [0.1, 0.15) is 58.6 Å². The van der Waals surface area contributed by atoms with Crippen molar-refractivity contribution in [3.05, 3.63) is 117 Å². The third-order valence-electron chi connectivity index (χ3n) is 14.2. The average Bonchev–Trinajstić information content (AvgIpc) is 0.747. The second kappa shape index (κ2) is 32.4. The number of nitro benzene ring substituents is 2. The van der Waals surface area contributed by atoms with E-state index in [9.17, 15) is 116 Å². The van der Waals surface area contributed by atoms with Gasteiger partial charge in [-0.15, -0.1) is 52.4 Å². The molecular formula is C50H31N11O37S10. The Morgan fingerprint density at radius 1 is 0.352 bits per heavy atom. The molecule has 0 radical (unpaired) electrons. The SMILES string of the molecule is Nc1c(N=Nc2ccc3c(O)c(N=Nc4cc(S(=O)(=O)O)c5cc([N+](=O)[O-])cc(SOOO)c5c4)c(S(=O)(=O)O)cc3c2S(=O)(=O)O)cc(S(=O)(=O)O)c2cc(SOOO)c(N=Nc3ccc4c(O)c(N=Nc5cc(SOOO)c6cc([N+](=O)[O-])cc(S(=O)(=O)O)c6c5)c(SOOO)cc4c3SOOO)c(O)c12. The molecule has 0 aliphatic heterocycles. The molecule has 0 bridgehead atoms. The molecule has 10 aromatic carbocycles. The van der Waals surface area contributed by atoms with Crippen LogP contribution in [0.25, 0.3) is 53.9 Å². The Balaban J connectivity index is 1.09. The van der Waals surface area contributed by atoms with Gasteiger partial charge in [-0.05, 0) is 72.8 Å². The van der Waals surface area contributed by atoms with Gasteiger partial charge >= 0.3 is 0 Å². The number of benzene rings is 10. The molecule has 0 spiro atoms. The first-order valence-corrected chi connectivity index (χ1v) is 37.8. The number of hydrogen-bond acceptors (Lipinski definition) is 46. The maximum absolute atomic E-state index is 13.3. The fourth-order valence-corrected chi connectivity index (χ4v) is 16.2. The molecule has 108 heavy (non-hydrogen) atoms. The zero-order chi connectivity index (χ0) is 78.9. The van der Waals surface area contributed by atoms with Crippen LogP contribution < -0.4 is 5.73 Å². The van der Waals surface area contributed by atoms with Crippen molar-refractivity contribution < 1.29 is 163 Å². The topological polar surface area (TPSA) is 737 Å². The number of nitro groups is 2. The molecule has 0 aliphatic rings. The summed E-state index contributed by atoms with van der Waals surface area (Å²) in [6.45, 7) is 0. The molecule has 0 aromatic heterocycles. The lowest BCUT2D eigenvalue weighted by molar-refractivity contribution is -0.432. The van der Waals surface area contributed by atoms with E-state index in [1.165, 1.54) is 0 Å². The van der Waals surface area contributed by atoms with Crippen LogP contribution in [0.2, 0.25) is 0 Å². The Bertz CT molecular complexity index is 6190. The zero-order valence-electron chi connectivity index (χ0n) is 51.0. The van der Waals surface area contributed by atoms with Crippen LogP contribution in [0.5, 0.6) is 17.2 Å². The highest BCUT2D eigenvalue weighted by Gasteiger charge is 2.32. The van der Waals surface area contributed by atoms with Crippen LogP contribution >= 0.6 is 60.2 Å². The third kappa shape index (κ3) is 17.2. The number of anilines is 1. The summed E-state index contributed by atoms with van der Waals surface area (Å²) in [6, 6.07) is 12.6. The average molecular weight is 1700 g/mol. The summed E-state index contributed by atoms with van der Waals surface area (Å²) in [7, 11) is -27.8. The highest BCUT2D eigenvalue weighted by atomic mass is 32.2. The van der Waals surface area contributed by atoms with Crippen LogP contribution in [-0.2, 0) is 97.5 Å². The van der Waals surface area contributed by atoms with Crippen LogP contribution in [0.1, 0.15) is 0 Å². The third-order valence-corrected chi connectivity index (χ3v) is 21.9. The van der Waals surface area contributed by atoms with Crippen molar-refractivity contribution in [2.24, 2.45) is 40.9 Å². The van der Waals surface area contributed by atoms with Crippen LogP contribution in [0.15, 0.2) is 187 Å². The highest BCUT2D eigenvalue weighted by Crippen LogP contribution is 2.54. The van der Waals surface area contributed by atoms with Gasteiger partial charge in [0.25, 0.3) is 62.0 Å². The van der Waals surface area contributed by atoms with Crippen molar-refractivity contribution in [3.8, 4) is 17.2 Å². The van der Waals surface area contributed by atoms with E-state index in [0.717, 1.165) is 60.7 Å². The van der Waals surface area contributed by atoms with Gasteiger partial charge in [-0.25, -0.2) is 26.3 Å². The molecule has 0 atom stereocenters. The van der Waals surface area contributed by atoms with Crippen LogP contribution in [0.3, 0.4) is 0 Å². The van der Waals surface area contributed by atoms with E-state index in [1.54, 1.807) is 0 Å². The molecule has 0 unspecified atom stereocenters. The van der Waals surface area contributed by atoms with Gasteiger partial charge in [0.15, 0.2) is 17.2 Å². The number of fused-ring (bicyclic) bond motifs is 5. The smallest absolute Gasteiger partial charge is 0.297 e. The second-order valence-corrected chi connectivity index (χ2v) is 30.8. The van der Waals surface area contributed by atoms with Crippen molar-refractivity contribution >= 4 is 227 Å². The largest absolute Gasteiger partial charge is 0.505 e. The summed E-state index contributed by atoms with van der Waals surface area (Å²) in [5.41, 5.74) is -2.06. The Morgan fingerprint density at radius 3 is 1.31 bits per heavy atom. The maximum atomic E-state index is 13.3. The summed E-state index contributed by atoms with van der Waals surface area (Å²) in [5, 5.41) is 148. The molecule has 0 saturated carbocycles. The van der Waals surface area contributed by atoms with E-state index in [2.05, 4.69) is 83.4 Å². The lowest BCUT2D eigenvalue weighted by atomic mass is 10.0. The first-order valence-electron chi connectivity index (χ1n) is 26.9. The lowest BCUT2D eigenvalue weighted by Crippen LogP contribution is -2.03. The molecule has 48 nitrogen and oxygen atoms in total. The highest BCUT2D eigenvalue weighted by molar-refractivity contribution is 7.96. The standard InChI is InChI=1S/C50H31N11O37S10/c51-42-32(56-55-31-4-2-22-28(50(31)108(86,87)88)15-40(107(83,84)85)45(47(22)63)59-53-18-5-23-26(37(8-18)104(74,75)76)10-19(60(65)66)11-34(23)100-95-90-70)16-39(106(80,81)82)29-14-36(102-97-92-72)44(48(64)41(29)42)58-54-30-3-1-21-27(49(30)103-98-93-73)13-35(101-96-91-71)43(46(21)62)57-52-17-6-25-24(33(7-17)99-94-89-69)9-20(61(67)68)12-38(25)105(77,78)79/h1-16,62-64,69-73H,51H2,(H,74,75,76)(H,77,78,79)(H,80,81,82)(H,83,84,85)(H,86,87,88). The molecule has 15 N–H and O–H groups in total. The van der Waals surface area contributed by atoms with E-state index in [4.69, 9.17) is 20.6 Å². The molecular weight excluding hydrogens is 1670 g/mol. The minimum absolute atomic E-state index is 0.0294. The molecule has 10 aromatic rings. The number of nitrogens with zero attached hydrogens (tertiary/aromatic N) is 10. The lowest BCUT2D eigenvalue weighted by Gasteiger charge is -2.15. The van der Waals surface area contributed by atoms with Crippen LogP contribution in [0, 0.1) is 20.2 Å². The van der Waals surface area contributed by atoms with Crippen molar-refractivity contribution in [1.29, 1.82) is 0 Å². The monoisotopic (exact) mass is 1700 g/mol. The van der Waals surface area contributed by atoms with Crippen molar-refractivity contribution in [1.82, 2.24) is 0 Å². The maximum Gasteiger partial charge on any atom is 0.297 e. The predicted octanol–water partition coefficient (Wildman–Crippen LogP) is 14.0. The Labute approximate surface area is 616 Å². The number of hydrogen-bond donors (Lipinski definition) is 14. The van der Waals surface area contributed by atoms with Gasteiger partial charge in [0, 0.05) is 77.6 Å². The summed E-state index contributed by atoms with van der Waals surface area (Å²) in [6.07, 6.45) is 0. The molecule has 568 valence electrons. The minimum atomic E-state index is -5.80. The number of azo groups is 4. The number of non-ortho nitro benzene ring substituents is 2. The van der Waals surface area contributed by atoms with Gasteiger partial charge in [0.2, 0.25) is 0 Å². The Hall–Kier alpha value is -9.40. The van der Waals surface area contributed by atoms with E-state index < -0.39 is 201 Å². The van der Waals surface area contributed by atoms with E-state index >= 15 is 0 Å². The van der Waals surface area contributed by atoms with Gasteiger partial charge in [0.05, 0.1) is 112 Å². The number of nitrogens with two attached hydrogens (primary N) is 1. The summed E-state index contributed by atoms with van der Waals surface area (Å²) < 4.78 is 204. The number of phenolic OH excluding ortho intramolecular Hbond substituents is 3. The number of rotatable bonds is 30.